The van der Waals surface area contributed by atoms with Crippen molar-refractivity contribution < 1.29 is 19.0 Å². The van der Waals surface area contributed by atoms with Crippen molar-refractivity contribution >= 4 is 28.8 Å². The van der Waals surface area contributed by atoms with Crippen LogP contribution in [0, 0.1) is 0 Å². The van der Waals surface area contributed by atoms with Gasteiger partial charge in [0.25, 0.3) is 5.91 Å². The lowest BCUT2D eigenvalue weighted by molar-refractivity contribution is 0.0950. The summed E-state index contributed by atoms with van der Waals surface area (Å²) < 4.78 is 16.4. The van der Waals surface area contributed by atoms with Gasteiger partial charge in [0, 0.05) is 10.4 Å². The predicted molar refractivity (Wildman–Crippen MR) is 86.6 cm³/mol. The first-order valence-corrected chi connectivity index (χ1v) is 7.61. The van der Waals surface area contributed by atoms with Crippen LogP contribution in [-0.2, 0) is 6.54 Å². The number of halogens is 1. The van der Waals surface area contributed by atoms with E-state index in [9.17, 15) is 4.79 Å². The van der Waals surface area contributed by atoms with E-state index < -0.39 is 0 Å². The first-order chi connectivity index (χ1) is 10.6. The van der Waals surface area contributed by atoms with E-state index in [0.717, 1.165) is 4.88 Å². The number of carbonyl (C=O) groups excluding carboxylic acids is 1. The Labute approximate surface area is 137 Å². The lowest BCUT2D eigenvalue weighted by atomic mass is 10.1. The smallest absolute Gasteiger partial charge is 0.251 e. The van der Waals surface area contributed by atoms with Crippen LogP contribution in [0.25, 0.3) is 0 Å². The minimum atomic E-state index is -0.233. The fourth-order valence-corrected chi connectivity index (χ4v) is 2.96. The molecule has 1 amide bonds. The molecule has 2 rings (SSSR count). The first-order valence-electron chi connectivity index (χ1n) is 6.41. The molecule has 0 aliphatic carbocycles. The van der Waals surface area contributed by atoms with E-state index in [2.05, 4.69) is 5.32 Å². The molecular formula is C15H16ClNO4S. The molecule has 0 saturated carbocycles. The molecule has 0 saturated heterocycles. The van der Waals surface area contributed by atoms with Crippen LogP contribution >= 0.6 is 22.9 Å². The SMILES string of the molecule is COc1cc(C(=O)NCc2ccc(Cl)s2)cc(OC)c1OC. The summed E-state index contributed by atoms with van der Waals surface area (Å²) in [5.41, 5.74) is 0.428. The summed E-state index contributed by atoms with van der Waals surface area (Å²) >= 11 is 7.29. The number of ether oxygens (including phenoxy) is 3. The number of thiophene rings is 1. The third-order valence-electron chi connectivity index (χ3n) is 2.98. The number of carbonyl (C=O) groups is 1. The number of hydrogen-bond donors (Lipinski definition) is 1. The van der Waals surface area contributed by atoms with Crippen LogP contribution in [0.5, 0.6) is 17.2 Å². The number of rotatable bonds is 6. The van der Waals surface area contributed by atoms with Crippen molar-refractivity contribution in [1.29, 1.82) is 0 Å². The van der Waals surface area contributed by atoms with Gasteiger partial charge >= 0.3 is 0 Å². The quantitative estimate of drug-likeness (QED) is 0.875. The topological polar surface area (TPSA) is 56.8 Å². The van der Waals surface area contributed by atoms with Crippen LogP contribution in [0.15, 0.2) is 24.3 Å². The largest absolute Gasteiger partial charge is 0.493 e. The Bertz CT molecular complexity index is 646. The standard InChI is InChI=1S/C15H16ClNO4S/c1-19-11-6-9(7-12(20-2)14(11)21-3)15(18)17-8-10-4-5-13(16)22-10/h4-7H,8H2,1-3H3,(H,17,18). The van der Waals surface area contributed by atoms with Crippen LogP contribution in [0.2, 0.25) is 4.34 Å². The molecule has 1 aromatic carbocycles. The molecule has 2 aromatic rings. The van der Waals surface area contributed by atoms with Crippen LogP contribution in [0.3, 0.4) is 0 Å². The monoisotopic (exact) mass is 341 g/mol. The highest BCUT2D eigenvalue weighted by Crippen LogP contribution is 2.38. The minimum Gasteiger partial charge on any atom is -0.493 e. The number of methoxy groups -OCH3 is 3. The predicted octanol–water partition coefficient (Wildman–Crippen LogP) is 3.36. The second-order valence-electron chi connectivity index (χ2n) is 4.30. The van der Waals surface area contributed by atoms with Crippen LogP contribution in [-0.4, -0.2) is 27.2 Å². The maximum absolute atomic E-state index is 12.3. The van der Waals surface area contributed by atoms with Gasteiger partial charge in [-0.1, -0.05) is 11.6 Å². The zero-order valence-corrected chi connectivity index (χ0v) is 14.0. The van der Waals surface area contributed by atoms with E-state index in [0.29, 0.717) is 33.7 Å². The summed E-state index contributed by atoms with van der Waals surface area (Å²) in [6.45, 7) is 0.410. The fourth-order valence-electron chi connectivity index (χ4n) is 1.93. The Balaban J connectivity index is 2.18. The third kappa shape index (κ3) is 3.64. The number of hydrogen-bond acceptors (Lipinski definition) is 5. The molecule has 0 atom stereocenters. The van der Waals surface area contributed by atoms with E-state index in [4.69, 9.17) is 25.8 Å². The first kappa shape index (κ1) is 16.5. The Hall–Kier alpha value is -1.92. The molecule has 0 unspecified atom stereocenters. The molecule has 0 fully saturated rings. The highest BCUT2D eigenvalue weighted by molar-refractivity contribution is 7.16. The van der Waals surface area contributed by atoms with Gasteiger partial charge in [0.1, 0.15) is 0 Å². The Morgan fingerprint density at radius 3 is 2.23 bits per heavy atom. The molecule has 0 spiro atoms. The summed E-state index contributed by atoms with van der Waals surface area (Å²) in [6, 6.07) is 6.89. The van der Waals surface area contributed by atoms with Crippen molar-refractivity contribution in [2.24, 2.45) is 0 Å². The Morgan fingerprint density at radius 1 is 1.14 bits per heavy atom. The van der Waals surface area contributed by atoms with Gasteiger partial charge in [0.15, 0.2) is 11.5 Å². The normalized spacial score (nSPS) is 10.2. The Morgan fingerprint density at radius 2 is 1.77 bits per heavy atom. The van der Waals surface area contributed by atoms with E-state index in [1.165, 1.54) is 32.7 Å². The second-order valence-corrected chi connectivity index (χ2v) is 6.10. The number of nitrogens with one attached hydrogen (secondary N) is 1. The average molecular weight is 342 g/mol. The molecular weight excluding hydrogens is 326 g/mol. The molecule has 0 radical (unpaired) electrons. The number of amides is 1. The summed E-state index contributed by atoms with van der Waals surface area (Å²) in [5, 5.41) is 2.83. The molecule has 0 aliphatic heterocycles. The minimum absolute atomic E-state index is 0.233. The molecule has 118 valence electrons. The van der Waals surface area contributed by atoms with Crippen LogP contribution in [0.1, 0.15) is 15.2 Å². The van der Waals surface area contributed by atoms with Gasteiger partial charge in [0.2, 0.25) is 5.75 Å². The lowest BCUT2D eigenvalue weighted by Gasteiger charge is -2.14. The van der Waals surface area contributed by atoms with Crippen molar-refractivity contribution in [2.45, 2.75) is 6.54 Å². The zero-order chi connectivity index (χ0) is 16.1. The zero-order valence-electron chi connectivity index (χ0n) is 12.4. The molecule has 1 N–H and O–H groups in total. The lowest BCUT2D eigenvalue weighted by Crippen LogP contribution is -2.22. The number of benzene rings is 1. The van der Waals surface area contributed by atoms with Crippen molar-refractivity contribution in [3.05, 3.63) is 39.0 Å². The van der Waals surface area contributed by atoms with E-state index in [-0.39, 0.29) is 5.91 Å². The van der Waals surface area contributed by atoms with Gasteiger partial charge in [-0.2, -0.15) is 0 Å². The van der Waals surface area contributed by atoms with Gasteiger partial charge in [-0.15, -0.1) is 11.3 Å². The molecule has 0 bridgehead atoms. The van der Waals surface area contributed by atoms with Gasteiger partial charge in [-0.05, 0) is 24.3 Å². The van der Waals surface area contributed by atoms with Crippen molar-refractivity contribution in [3.63, 3.8) is 0 Å². The highest BCUT2D eigenvalue weighted by atomic mass is 35.5. The molecule has 0 aliphatic rings. The molecule has 5 nitrogen and oxygen atoms in total. The second kappa shape index (κ2) is 7.38. The summed E-state index contributed by atoms with van der Waals surface area (Å²) in [5.74, 6) is 1.09. The molecule has 1 heterocycles. The molecule has 1 aromatic heterocycles. The van der Waals surface area contributed by atoms with Crippen molar-refractivity contribution in [1.82, 2.24) is 5.32 Å². The average Bonchev–Trinajstić information content (AvgIpc) is 2.96. The van der Waals surface area contributed by atoms with Crippen LogP contribution < -0.4 is 19.5 Å². The van der Waals surface area contributed by atoms with E-state index >= 15 is 0 Å². The summed E-state index contributed by atoms with van der Waals surface area (Å²) in [7, 11) is 4.53. The van der Waals surface area contributed by atoms with Crippen LogP contribution in [0.4, 0.5) is 0 Å². The third-order valence-corrected chi connectivity index (χ3v) is 4.21. The highest BCUT2D eigenvalue weighted by Gasteiger charge is 2.16. The fraction of sp³-hybridized carbons (Fsp3) is 0.267. The van der Waals surface area contributed by atoms with E-state index in [1.807, 2.05) is 6.07 Å². The van der Waals surface area contributed by atoms with Gasteiger partial charge < -0.3 is 19.5 Å². The van der Waals surface area contributed by atoms with Crippen molar-refractivity contribution in [3.8, 4) is 17.2 Å². The van der Waals surface area contributed by atoms with Gasteiger partial charge in [0.05, 0.1) is 32.2 Å². The van der Waals surface area contributed by atoms with E-state index in [1.54, 1.807) is 18.2 Å². The summed E-state index contributed by atoms with van der Waals surface area (Å²) in [6.07, 6.45) is 0. The van der Waals surface area contributed by atoms with Gasteiger partial charge in [-0.3, -0.25) is 4.79 Å². The van der Waals surface area contributed by atoms with Gasteiger partial charge in [-0.25, -0.2) is 0 Å². The van der Waals surface area contributed by atoms with Crippen molar-refractivity contribution in [2.75, 3.05) is 21.3 Å². The molecule has 7 heteroatoms. The Kier molecular flexibility index (Phi) is 5.51. The maximum Gasteiger partial charge on any atom is 0.251 e. The maximum atomic E-state index is 12.3. The molecule has 22 heavy (non-hydrogen) atoms. The summed E-state index contributed by atoms with van der Waals surface area (Å²) in [4.78, 5) is 13.2.